The average Bonchev–Trinajstić information content (AvgIpc) is 2.16. The van der Waals surface area contributed by atoms with Gasteiger partial charge < -0.3 is 5.32 Å². The van der Waals surface area contributed by atoms with Crippen LogP contribution in [0.25, 0.3) is 0 Å². The predicted molar refractivity (Wildman–Crippen MR) is 63.3 cm³/mol. The summed E-state index contributed by atoms with van der Waals surface area (Å²) in [6.45, 7) is 0.424. The fourth-order valence-corrected chi connectivity index (χ4v) is 1.59. The first-order valence-electron chi connectivity index (χ1n) is 4.35. The summed E-state index contributed by atoms with van der Waals surface area (Å²) in [4.78, 5) is 13.8. The van der Waals surface area contributed by atoms with Crippen LogP contribution in [0.2, 0.25) is 5.15 Å². The van der Waals surface area contributed by atoms with Crippen molar-refractivity contribution in [1.29, 1.82) is 0 Å². The first kappa shape index (κ1) is 12.9. The molecule has 6 nitrogen and oxygen atoms in total. The van der Waals surface area contributed by atoms with Crippen molar-refractivity contribution in [2.24, 2.45) is 0 Å². The van der Waals surface area contributed by atoms with Crippen molar-refractivity contribution in [3.63, 3.8) is 0 Å². The minimum atomic E-state index is -0.916. The molecule has 1 N–H and O–H groups in total. The van der Waals surface area contributed by atoms with Crippen molar-refractivity contribution >= 4 is 33.9 Å². The number of pyridine rings is 1. The molecule has 1 rings (SSSR count). The van der Waals surface area contributed by atoms with Crippen molar-refractivity contribution < 1.29 is 9.13 Å². The minimum absolute atomic E-state index is 0.0503. The molecule has 16 heavy (non-hydrogen) atoms. The molecule has 88 valence electrons. The highest BCUT2D eigenvalue weighted by molar-refractivity contribution is 7.84. The van der Waals surface area contributed by atoms with Gasteiger partial charge in [0.05, 0.1) is 17.1 Å². The smallest absolute Gasteiger partial charge is 0.276 e. The number of halogens is 1. The van der Waals surface area contributed by atoms with Crippen molar-refractivity contribution in [2.75, 3.05) is 23.9 Å². The van der Waals surface area contributed by atoms with Crippen LogP contribution in [-0.4, -0.2) is 32.7 Å². The highest BCUT2D eigenvalue weighted by atomic mass is 35.5. The summed E-state index contributed by atoms with van der Waals surface area (Å²) in [5.74, 6) is 0.756. The van der Waals surface area contributed by atoms with Gasteiger partial charge in [0, 0.05) is 29.4 Å². The van der Waals surface area contributed by atoms with Crippen LogP contribution in [0.1, 0.15) is 0 Å². The van der Waals surface area contributed by atoms with Crippen LogP contribution in [0.4, 0.5) is 11.5 Å². The molecule has 0 spiro atoms. The van der Waals surface area contributed by atoms with Gasteiger partial charge in [0.2, 0.25) is 0 Å². The molecule has 1 aromatic rings. The summed E-state index contributed by atoms with van der Waals surface area (Å²) < 4.78 is 10.8. The van der Waals surface area contributed by atoms with E-state index in [0.717, 1.165) is 0 Å². The molecule has 0 aromatic carbocycles. The van der Waals surface area contributed by atoms with E-state index in [2.05, 4.69) is 10.3 Å². The zero-order valence-corrected chi connectivity index (χ0v) is 10.0. The Morgan fingerprint density at radius 2 is 2.31 bits per heavy atom. The first-order valence-corrected chi connectivity index (χ1v) is 6.45. The van der Waals surface area contributed by atoms with E-state index >= 15 is 0 Å². The Bertz CT molecular complexity index is 427. The predicted octanol–water partition coefficient (Wildman–Crippen LogP) is 1.43. The van der Waals surface area contributed by atoms with Gasteiger partial charge in [0.25, 0.3) is 5.69 Å². The lowest BCUT2D eigenvalue weighted by Gasteiger charge is -2.04. The highest BCUT2D eigenvalue weighted by Crippen LogP contribution is 2.20. The lowest BCUT2D eigenvalue weighted by atomic mass is 10.4. The van der Waals surface area contributed by atoms with E-state index in [-0.39, 0.29) is 10.8 Å². The molecule has 0 bridgehead atoms. The molecule has 0 saturated carbocycles. The van der Waals surface area contributed by atoms with Crippen LogP contribution in [0, 0.1) is 10.1 Å². The summed E-state index contributed by atoms with van der Waals surface area (Å²) in [6, 6.07) is 2.45. The highest BCUT2D eigenvalue weighted by Gasteiger charge is 2.09. The van der Waals surface area contributed by atoms with Crippen LogP contribution in [0.5, 0.6) is 0 Å². The fourth-order valence-electron chi connectivity index (χ4n) is 1.00. The standard InChI is InChI=1S/C8H10ClN3O3S/c1-16(15)3-2-10-8-5-6(12(13)14)4-7(9)11-8/h4-5H,2-3H2,1H3,(H,10,11). The third kappa shape index (κ3) is 4.11. The van der Waals surface area contributed by atoms with Crippen LogP contribution in [0.15, 0.2) is 12.1 Å². The zero-order valence-electron chi connectivity index (χ0n) is 8.47. The number of aromatic nitrogens is 1. The molecule has 0 aliphatic carbocycles. The van der Waals surface area contributed by atoms with Gasteiger partial charge in [0.1, 0.15) is 11.0 Å². The lowest BCUT2D eigenvalue weighted by Crippen LogP contribution is -2.11. The van der Waals surface area contributed by atoms with Gasteiger partial charge in [0.15, 0.2) is 0 Å². The Balaban J connectivity index is 2.72. The van der Waals surface area contributed by atoms with E-state index in [0.29, 0.717) is 18.1 Å². The second-order valence-corrected chi connectivity index (χ2v) is 4.94. The third-order valence-corrected chi connectivity index (χ3v) is 2.66. The molecule has 1 aromatic heterocycles. The van der Waals surface area contributed by atoms with E-state index in [1.165, 1.54) is 12.1 Å². The number of nitrogens with zero attached hydrogens (tertiary/aromatic N) is 2. The summed E-state index contributed by atoms with van der Waals surface area (Å²) in [5.41, 5.74) is -0.125. The Labute approximate surface area is 99.6 Å². The van der Waals surface area contributed by atoms with Crippen molar-refractivity contribution in [3.8, 4) is 0 Å². The van der Waals surface area contributed by atoms with Gasteiger partial charge in [-0.05, 0) is 0 Å². The van der Waals surface area contributed by atoms with Crippen LogP contribution in [0.3, 0.4) is 0 Å². The summed E-state index contributed by atoms with van der Waals surface area (Å²) in [7, 11) is -0.916. The van der Waals surface area contributed by atoms with Crippen molar-refractivity contribution in [2.45, 2.75) is 0 Å². The second-order valence-electron chi connectivity index (χ2n) is 2.99. The average molecular weight is 264 g/mol. The number of anilines is 1. The Morgan fingerprint density at radius 3 is 2.88 bits per heavy atom. The summed E-state index contributed by atoms with van der Waals surface area (Å²) >= 11 is 5.62. The van der Waals surface area contributed by atoms with Gasteiger partial charge in [-0.15, -0.1) is 0 Å². The summed E-state index contributed by atoms with van der Waals surface area (Å²) in [5, 5.41) is 13.4. The maximum absolute atomic E-state index is 10.8. The van der Waals surface area contributed by atoms with E-state index in [1.54, 1.807) is 6.26 Å². The fraction of sp³-hybridized carbons (Fsp3) is 0.375. The second kappa shape index (κ2) is 5.76. The monoisotopic (exact) mass is 263 g/mol. The van der Waals surface area contributed by atoms with Gasteiger partial charge in [-0.25, -0.2) is 4.98 Å². The molecule has 0 aliphatic rings. The maximum atomic E-state index is 10.8. The molecule has 0 aliphatic heterocycles. The lowest BCUT2D eigenvalue weighted by molar-refractivity contribution is -0.384. The largest absolute Gasteiger partial charge is 0.369 e. The topological polar surface area (TPSA) is 85.1 Å². The Morgan fingerprint density at radius 1 is 1.62 bits per heavy atom. The molecule has 1 unspecified atom stereocenters. The van der Waals surface area contributed by atoms with E-state index in [4.69, 9.17) is 11.6 Å². The molecular formula is C8H10ClN3O3S. The van der Waals surface area contributed by atoms with Crippen LogP contribution >= 0.6 is 11.6 Å². The van der Waals surface area contributed by atoms with Crippen LogP contribution < -0.4 is 5.32 Å². The van der Waals surface area contributed by atoms with Gasteiger partial charge >= 0.3 is 0 Å². The molecule has 0 saturated heterocycles. The molecule has 8 heteroatoms. The van der Waals surface area contributed by atoms with Crippen molar-refractivity contribution in [3.05, 3.63) is 27.4 Å². The van der Waals surface area contributed by atoms with Gasteiger partial charge in [-0.1, -0.05) is 11.6 Å². The van der Waals surface area contributed by atoms with Crippen LogP contribution in [-0.2, 0) is 10.8 Å². The zero-order chi connectivity index (χ0) is 12.1. The van der Waals surface area contributed by atoms with E-state index in [1.807, 2.05) is 0 Å². The number of nitrogens with one attached hydrogen (secondary N) is 1. The molecule has 1 heterocycles. The molecular weight excluding hydrogens is 254 g/mol. The van der Waals surface area contributed by atoms with Gasteiger partial charge in [-0.2, -0.15) is 0 Å². The quantitative estimate of drug-likeness (QED) is 0.493. The number of hydrogen-bond acceptors (Lipinski definition) is 5. The van der Waals surface area contributed by atoms with Gasteiger partial charge in [-0.3, -0.25) is 14.3 Å². The molecule has 0 amide bonds. The third-order valence-electron chi connectivity index (χ3n) is 1.69. The SMILES string of the molecule is CS(=O)CCNc1cc([N+](=O)[O-])cc(Cl)n1. The van der Waals surface area contributed by atoms with Crippen molar-refractivity contribution in [1.82, 2.24) is 4.98 Å². The van der Waals surface area contributed by atoms with E-state index in [9.17, 15) is 14.3 Å². The molecule has 1 atom stereocenters. The Hall–Kier alpha value is -1.21. The number of hydrogen-bond donors (Lipinski definition) is 1. The number of nitro groups is 1. The Kier molecular flexibility index (Phi) is 4.63. The normalized spacial score (nSPS) is 12.1. The molecule has 0 fully saturated rings. The first-order chi connectivity index (χ1) is 7.49. The maximum Gasteiger partial charge on any atom is 0.276 e. The van der Waals surface area contributed by atoms with E-state index < -0.39 is 15.7 Å². The molecule has 0 radical (unpaired) electrons. The minimum Gasteiger partial charge on any atom is -0.369 e. The summed E-state index contributed by atoms with van der Waals surface area (Å²) in [6.07, 6.45) is 1.58. The number of rotatable bonds is 5.